The van der Waals surface area contributed by atoms with Crippen molar-refractivity contribution in [1.29, 1.82) is 0 Å². The highest BCUT2D eigenvalue weighted by Gasteiger charge is 2.18. The zero-order valence-corrected chi connectivity index (χ0v) is 16.9. The lowest BCUT2D eigenvalue weighted by atomic mass is 10.1. The zero-order valence-electron chi connectivity index (χ0n) is 16.9. The van der Waals surface area contributed by atoms with Crippen molar-refractivity contribution in [3.63, 3.8) is 0 Å². The first-order valence-electron chi connectivity index (χ1n) is 10.2. The molecule has 3 aromatic rings. The molecule has 152 valence electrons. The normalized spacial score (nSPS) is 14.6. The van der Waals surface area contributed by atoms with Crippen molar-refractivity contribution in [1.82, 2.24) is 15.5 Å². The number of nitrogens with zero attached hydrogens (tertiary/aromatic N) is 2. The average molecular weight is 400 g/mol. The van der Waals surface area contributed by atoms with E-state index in [9.17, 15) is 9.59 Å². The van der Waals surface area contributed by atoms with Crippen molar-refractivity contribution in [2.75, 3.05) is 0 Å². The molecule has 0 radical (unpaired) electrons. The molecule has 0 aliphatic heterocycles. The second-order valence-electron chi connectivity index (χ2n) is 7.60. The van der Waals surface area contributed by atoms with E-state index in [0.29, 0.717) is 16.8 Å². The molecule has 30 heavy (non-hydrogen) atoms. The van der Waals surface area contributed by atoms with Gasteiger partial charge >= 0.3 is 0 Å². The van der Waals surface area contributed by atoms with Crippen LogP contribution in [0.15, 0.2) is 65.9 Å². The molecule has 1 saturated carbocycles. The molecule has 0 spiro atoms. The van der Waals surface area contributed by atoms with Crippen LogP contribution >= 0.6 is 0 Å². The number of nitrogens with one attached hydrogen (secondary N) is 2. The van der Waals surface area contributed by atoms with Crippen LogP contribution in [0.3, 0.4) is 0 Å². The number of hydrogen-bond acceptors (Lipinski definition) is 3. The summed E-state index contributed by atoms with van der Waals surface area (Å²) in [5.74, 6) is -0.384. The molecule has 1 fully saturated rings. The third-order valence-corrected chi connectivity index (χ3v) is 5.47. The van der Waals surface area contributed by atoms with Crippen LogP contribution in [0.25, 0.3) is 11.1 Å². The summed E-state index contributed by atoms with van der Waals surface area (Å²) in [6.45, 7) is 1.78. The topological polar surface area (TPSA) is 87.2 Å². The maximum absolute atomic E-state index is 12.6. The Morgan fingerprint density at radius 1 is 1.00 bits per heavy atom. The number of aliphatic imine (C=N–C) groups is 1. The molecule has 2 N–H and O–H groups in total. The summed E-state index contributed by atoms with van der Waals surface area (Å²) >= 11 is 0. The summed E-state index contributed by atoms with van der Waals surface area (Å²) in [6, 6.07) is 14.8. The van der Waals surface area contributed by atoms with Gasteiger partial charge in [-0.15, -0.1) is 0 Å². The van der Waals surface area contributed by atoms with Gasteiger partial charge in [-0.2, -0.15) is 5.10 Å². The maximum Gasteiger partial charge on any atom is 0.277 e. The van der Waals surface area contributed by atoms with Crippen molar-refractivity contribution in [2.45, 2.75) is 38.6 Å². The Labute approximate surface area is 175 Å². The van der Waals surface area contributed by atoms with Crippen LogP contribution in [0, 0.1) is 0 Å². The molecule has 0 unspecified atom stereocenters. The molecule has 1 aliphatic carbocycles. The summed E-state index contributed by atoms with van der Waals surface area (Å²) in [7, 11) is 0. The zero-order chi connectivity index (χ0) is 20.9. The highest BCUT2D eigenvalue weighted by atomic mass is 16.2. The molecule has 0 bridgehead atoms. The van der Waals surface area contributed by atoms with E-state index in [1.807, 2.05) is 24.3 Å². The van der Waals surface area contributed by atoms with Gasteiger partial charge in [0.25, 0.3) is 11.8 Å². The van der Waals surface area contributed by atoms with Crippen LogP contribution < -0.4 is 5.32 Å². The van der Waals surface area contributed by atoms with Gasteiger partial charge in [-0.1, -0.05) is 37.1 Å². The van der Waals surface area contributed by atoms with E-state index in [2.05, 4.69) is 20.5 Å². The van der Waals surface area contributed by atoms with Gasteiger partial charge in [0, 0.05) is 34.6 Å². The summed E-state index contributed by atoms with van der Waals surface area (Å²) in [4.78, 5) is 29.4. The molecule has 1 heterocycles. The van der Waals surface area contributed by atoms with E-state index < -0.39 is 0 Å². The minimum Gasteiger partial charge on any atom is -0.349 e. The Hall–Kier alpha value is -3.54. The maximum atomic E-state index is 12.6. The Morgan fingerprint density at radius 3 is 2.43 bits per heavy atom. The van der Waals surface area contributed by atoms with E-state index in [-0.39, 0.29) is 17.9 Å². The van der Waals surface area contributed by atoms with Crippen LogP contribution in [0.5, 0.6) is 0 Å². The van der Waals surface area contributed by atoms with Crippen LogP contribution in [0.1, 0.15) is 58.9 Å². The fourth-order valence-electron chi connectivity index (χ4n) is 3.72. The third kappa shape index (κ3) is 4.54. The number of carbonyl (C=O) groups excluding carboxylic acids is 2. The van der Waals surface area contributed by atoms with E-state index in [0.717, 1.165) is 29.5 Å². The molecule has 4 rings (SSSR count). The number of aromatic nitrogens is 2. The molecule has 0 saturated heterocycles. The van der Waals surface area contributed by atoms with Crippen molar-refractivity contribution in [3.05, 3.63) is 77.6 Å². The van der Waals surface area contributed by atoms with Crippen LogP contribution in [-0.2, 0) is 0 Å². The number of hydrogen-bond donors (Lipinski definition) is 2. The van der Waals surface area contributed by atoms with Gasteiger partial charge in [0.2, 0.25) is 0 Å². The molecule has 2 amide bonds. The average Bonchev–Trinajstić information content (AvgIpc) is 3.48. The van der Waals surface area contributed by atoms with E-state index in [1.54, 1.807) is 43.6 Å². The molecule has 1 aromatic heterocycles. The van der Waals surface area contributed by atoms with E-state index in [4.69, 9.17) is 0 Å². The van der Waals surface area contributed by atoms with Crippen LogP contribution in [-0.4, -0.2) is 33.8 Å². The molecule has 2 aromatic carbocycles. The lowest BCUT2D eigenvalue weighted by molar-refractivity contribution is 0.0937. The standard InChI is InChI=1S/C24H24N4O2/c1-16(19-5-4-6-20(13-19)24(30)28-22-7-2-3-8-22)27-23(29)18-11-9-17(10-12-18)21-14-25-26-15-21/h4-6,9-15,22H,2-3,7-8H2,1H3,(H,25,26)(H,28,30)/b27-16+. The minimum atomic E-state index is -0.313. The second kappa shape index (κ2) is 8.86. The van der Waals surface area contributed by atoms with Gasteiger partial charge in [0.1, 0.15) is 0 Å². The quantitative estimate of drug-likeness (QED) is 0.622. The van der Waals surface area contributed by atoms with Gasteiger partial charge in [-0.05, 0) is 55.2 Å². The smallest absolute Gasteiger partial charge is 0.277 e. The SMILES string of the molecule is C/C(=N\C(=O)c1ccc(-c2cn[nH]c2)cc1)c1cccc(C(=O)NC2CCCC2)c1. The Kier molecular flexibility index (Phi) is 5.84. The Balaban J connectivity index is 1.47. The second-order valence-corrected chi connectivity index (χ2v) is 7.60. The van der Waals surface area contributed by atoms with Crippen molar-refractivity contribution in [2.24, 2.45) is 4.99 Å². The lowest BCUT2D eigenvalue weighted by Crippen LogP contribution is -2.32. The first-order chi connectivity index (χ1) is 14.6. The number of carbonyl (C=O) groups is 2. The summed E-state index contributed by atoms with van der Waals surface area (Å²) in [5, 5.41) is 9.80. The van der Waals surface area contributed by atoms with Crippen molar-refractivity contribution < 1.29 is 9.59 Å². The van der Waals surface area contributed by atoms with Crippen molar-refractivity contribution >= 4 is 17.5 Å². The molecular formula is C24H24N4O2. The molecule has 0 atom stereocenters. The van der Waals surface area contributed by atoms with Gasteiger partial charge in [-0.3, -0.25) is 14.7 Å². The van der Waals surface area contributed by atoms with Crippen molar-refractivity contribution in [3.8, 4) is 11.1 Å². The minimum absolute atomic E-state index is 0.0716. The largest absolute Gasteiger partial charge is 0.349 e. The molecule has 6 heteroatoms. The number of rotatable bonds is 5. The first-order valence-corrected chi connectivity index (χ1v) is 10.2. The third-order valence-electron chi connectivity index (χ3n) is 5.47. The Bertz CT molecular complexity index is 1060. The fourth-order valence-corrected chi connectivity index (χ4v) is 3.72. The number of amides is 2. The highest BCUT2D eigenvalue weighted by molar-refractivity contribution is 6.10. The molecular weight excluding hydrogens is 376 g/mol. The van der Waals surface area contributed by atoms with E-state index in [1.165, 1.54) is 12.8 Å². The van der Waals surface area contributed by atoms with Crippen LogP contribution in [0.4, 0.5) is 0 Å². The predicted octanol–water partition coefficient (Wildman–Crippen LogP) is 4.40. The van der Waals surface area contributed by atoms with Gasteiger partial charge in [0.15, 0.2) is 0 Å². The first kappa shape index (κ1) is 19.8. The lowest BCUT2D eigenvalue weighted by Gasteiger charge is -2.12. The Morgan fingerprint density at radius 2 is 1.73 bits per heavy atom. The predicted molar refractivity (Wildman–Crippen MR) is 117 cm³/mol. The van der Waals surface area contributed by atoms with Gasteiger partial charge in [-0.25, -0.2) is 4.99 Å². The fraction of sp³-hybridized carbons (Fsp3) is 0.250. The monoisotopic (exact) mass is 400 g/mol. The van der Waals surface area contributed by atoms with Gasteiger partial charge in [0.05, 0.1) is 6.20 Å². The summed E-state index contributed by atoms with van der Waals surface area (Å²) < 4.78 is 0. The van der Waals surface area contributed by atoms with Gasteiger partial charge < -0.3 is 5.32 Å². The molecule has 1 aliphatic rings. The number of H-pyrrole nitrogens is 1. The molecule has 6 nitrogen and oxygen atoms in total. The highest BCUT2D eigenvalue weighted by Crippen LogP contribution is 2.20. The summed E-state index contributed by atoms with van der Waals surface area (Å²) in [6.07, 6.45) is 7.95. The van der Waals surface area contributed by atoms with Crippen LogP contribution in [0.2, 0.25) is 0 Å². The number of aromatic amines is 1. The van der Waals surface area contributed by atoms with E-state index >= 15 is 0 Å². The summed E-state index contributed by atoms with van der Waals surface area (Å²) in [5.41, 5.74) is 4.37. The number of benzene rings is 2.